The fraction of sp³-hybridized carbons (Fsp3) is 0.786. The van der Waals surface area contributed by atoms with Crippen LogP contribution in [0, 0.1) is 0 Å². The van der Waals surface area contributed by atoms with Gasteiger partial charge >= 0.3 is 0 Å². The van der Waals surface area contributed by atoms with Gasteiger partial charge in [0.2, 0.25) is 0 Å². The minimum absolute atomic E-state index is 0.614. The van der Waals surface area contributed by atoms with Crippen molar-refractivity contribution < 1.29 is 0 Å². The van der Waals surface area contributed by atoms with Crippen molar-refractivity contribution in [1.82, 2.24) is 15.0 Å². The molecule has 2 unspecified atom stereocenters. The van der Waals surface area contributed by atoms with Gasteiger partial charge in [0.25, 0.3) is 0 Å². The number of piperidine rings is 1. The van der Waals surface area contributed by atoms with Crippen LogP contribution in [0.15, 0.2) is 12.5 Å². The van der Waals surface area contributed by atoms with E-state index in [1.54, 1.807) is 0 Å². The molecule has 0 aromatic carbocycles. The third-order valence-electron chi connectivity index (χ3n) is 4.24. The van der Waals surface area contributed by atoms with E-state index in [9.17, 15) is 0 Å². The highest BCUT2D eigenvalue weighted by Gasteiger charge is 2.27. The van der Waals surface area contributed by atoms with Gasteiger partial charge in [0.15, 0.2) is 0 Å². The van der Waals surface area contributed by atoms with Crippen molar-refractivity contribution in [3.8, 4) is 0 Å². The summed E-state index contributed by atoms with van der Waals surface area (Å²) in [5.41, 5.74) is 1.29. The van der Waals surface area contributed by atoms with Gasteiger partial charge in [0.1, 0.15) is 6.33 Å². The van der Waals surface area contributed by atoms with Crippen LogP contribution in [-0.2, 0) is 6.54 Å². The summed E-state index contributed by atoms with van der Waals surface area (Å²) in [4.78, 5) is 4.35. The maximum absolute atomic E-state index is 4.35. The SMILES string of the molecule is CC1CCCC(C)N1n1cncc1CNC1CC1. The van der Waals surface area contributed by atoms with Gasteiger partial charge in [-0.1, -0.05) is 0 Å². The van der Waals surface area contributed by atoms with Crippen molar-refractivity contribution in [2.24, 2.45) is 0 Å². The number of nitrogens with one attached hydrogen (secondary N) is 1. The maximum Gasteiger partial charge on any atom is 0.114 e. The Kier molecular flexibility index (Phi) is 3.29. The van der Waals surface area contributed by atoms with Crippen LogP contribution in [-0.4, -0.2) is 27.8 Å². The molecule has 2 fully saturated rings. The largest absolute Gasteiger partial charge is 0.308 e. The van der Waals surface area contributed by atoms with E-state index >= 15 is 0 Å². The van der Waals surface area contributed by atoms with Gasteiger partial charge in [-0.05, 0) is 46.0 Å². The lowest BCUT2D eigenvalue weighted by molar-refractivity contribution is 0.330. The van der Waals surface area contributed by atoms with Gasteiger partial charge in [0, 0.05) is 24.7 Å². The van der Waals surface area contributed by atoms with Gasteiger partial charge in [-0.3, -0.25) is 0 Å². The number of hydrogen-bond acceptors (Lipinski definition) is 3. The second-order valence-corrected chi connectivity index (χ2v) is 5.89. The molecule has 100 valence electrons. The van der Waals surface area contributed by atoms with Gasteiger partial charge in [-0.2, -0.15) is 0 Å². The van der Waals surface area contributed by atoms with Gasteiger partial charge in [-0.25, -0.2) is 9.66 Å². The molecule has 2 heterocycles. The summed E-state index contributed by atoms with van der Waals surface area (Å²) in [5.74, 6) is 0. The second-order valence-electron chi connectivity index (χ2n) is 5.89. The van der Waals surface area contributed by atoms with Crippen LogP contribution in [0.1, 0.15) is 51.6 Å². The molecule has 4 nitrogen and oxygen atoms in total. The molecule has 1 aliphatic heterocycles. The van der Waals surface area contributed by atoms with Gasteiger partial charge in [0.05, 0.1) is 11.9 Å². The lowest BCUT2D eigenvalue weighted by Gasteiger charge is -2.41. The normalized spacial score (nSPS) is 28.7. The van der Waals surface area contributed by atoms with Crippen LogP contribution in [0.3, 0.4) is 0 Å². The van der Waals surface area contributed by atoms with Crippen LogP contribution >= 0.6 is 0 Å². The zero-order valence-electron chi connectivity index (χ0n) is 11.5. The Hall–Kier alpha value is -1.03. The highest BCUT2D eigenvalue weighted by Crippen LogP contribution is 2.23. The van der Waals surface area contributed by atoms with Crippen LogP contribution in [0.5, 0.6) is 0 Å². The summed E-state index contributed by atoms with van der Waals surface area (Å²) in [6, 6.07) is 1.98. The molecule has 2 aliphatic rings. The van der Waals surface area contributed by atoms with Crippen molar-refractivity contribution in [2.75, 3.05) is 5.01 Å². The van der Waals surface area contributed by atoms with Crippen molar-refractivity contribution >= 4 is 0 Å². The third-order valence-corrected chi connectivity index (χ3v) is 4.24. The van der Waals surface area contributed by atoms with Crippen molar-refractivity contribution in [3.05, 3.63) is 18.2 Å². The van der Waals surface area contributed by atoms with E-state index in [1.165, 1.54) is 37.8 Å². The average molecular weight is 248 g/mol. The molecule has 4 heteroatoms. The predicted molar refractivity (Wildman–Crippen MR) is 73.1 cm³/mol. The first-order chi connectivity index (χ1) is 8.75. The third kappa shape index (κ3) is 2.39. The monoisotopic (exact) mass is 248 g/mol. The molecular formula is C14H24N4. The molecule has 3 rings (SSSR count). The van der Waals surface area contributed by atoms with E-state index < -0.39 is 0 Å². The van der Waals surface area contributed by atoms with Crippen LogP contribution in [0.2, 0.25) is 0 Å². The Balaban J connectivity index is 1.74. The molecule has 18 heavy (non-hydrogen) atoms. The highest BCUT2D eigenvalue weighted by molar-refractivity contribution is 5.09. The van der Waals surface area contributed by atoms with Gasteiger partial charge < -0.3 is 10.3 Å². The van der Waals surface area contributed by atoms with Crippen molar-refractivity contribution in [3.63, 3.8) is 0 Å². The van der Waals surface area contributed by atoms with E-state index in [-0.39, 0.29) is 0 Å². The number of rotatable bonds is 4. The summed E-state index contributed by atoms with van der Waals surface area (Å²) in [7, 11) is 0. The molecule has 1 aliphatic carbocycles. The molecule has 0 bridgehead atoms. The first-order valence-corrected chi connectivity index (χ1v) is 7.29. The summed E-state index contributed by atoms with van der Waals surface area (Å²) in [5, 5.41) is 6.08. The first kappa shape index (κ1) is 12.0. The zero-order valence-corrected chi connectivity index (χ0v) is 11.5. The van der Waals surface area contributed by atoms with Crippen LogP contribution < -0.4 is 10.3 Å². The van der Waals surface area contributed by atoms with Crippen LogP contribution in [0.4, 0.5) is 0 Å². The maximum atomic E-state index is 4.35. The zero-order chi connectivity index (χ0) is 12.5. The fourth-order valence-corrected chi connectivity index (χ4v) is 3.02. The quantitative estimate of drug-likeness (QED) is 0.885. The van der Waals surface area contributed by atoms with E-state index in [1.807, 2.05) is 12.5 Å². The number of aromatic nitrogens is 2. The molecule has 1 saturated heterocycles. The summed E-state index contributed by atoms with van der Waals surface area (Å²) in [6.07, 6.45) is 10.6. The molecule has 0 radical (unpaired) electrons. The molecule has 1 aromatic rings. The number of imidazole rings is 1. The molecule has 1 N–H and O–H groups in total. The first-order valence-electron chi connectivity index (χ1n) is 7.29. The summed E-state index contributed by atoms with van der Waals surface area (Å²) >= 11 is 0. The fourth-order valence-electron chi connectivity index (χ4n) is 3.02. The Morgan fingerprint density at radius 3 is 2.61 bits per heavy atom. The summed E-state index contributed by atoms with van der Waals surface area (Å²) < 4.78 is 2.28. The molecule has 0 spiro atoms. The number of nitrogens with zero attached hydrogens (tertiary/aromatic N) is 3. The van der Waals surface area contributed by atoms with E-state index in [4.69, 9.17) is 0 Å². The summed E-state index contributed by atoms with van der Waals surface area (Å²) in [6.45, 7) is 5.60. The smallest absolute Gasteiger partial charge is 0.114 e. The minimum Gasteiger partial charge on any atom is -0.308 e. The number of hydrogen-bond donors (Lipinski definition) is 1. The molecule has 1 saturated carbocycles. The Bertz CT molecular complexity index is 386. The minimum atomic E-state index is 0.614. The van der Waals surface area contributed by atoms with Crippen molar-refractivity contribution in [1.29, 1.82) is 0 Å². The van der Waals surface area contributed by atoms with Gasteiger partial charge in [-0.15, -0.1) is 0 Å². The lowest BCUT2D eigenvalue weighted by Crippen LogP contribution is -2.51. The molecule has 2 atom stereocenters. The van der Waals surface area contributed by atoms with E-state index in [2.05, 4.69) is 33.8 Å². The molecular weight excluding hydrogens is 224 g/mol. The Labute approximate surface area is 109 Å². The van der Waals surface area contributed by atoms with E-state index in [0.717, 1.165) is 12.6 Å². The highest BCUT2D eigenvalue weighted by atomic mass is 15.6. The molecule has 1 aromatic heterocycles. The topological polar surface area (TPSA) is 33.1 Å². The Morgan fingerprint density at radius 1 is 1.22 bits per heavy atom. The Morgan fingerprint density at radius 2 is 1.94 bits per heavy atom. The average Bonchev–Trinajstić information content (AvgIpc) is 3.06. The van der Waals surface area contributed by atoms with Crippen molar-refractivity contribution in [2.45, 2.75) is 70.6 Å². The lowest BCUT2D eigenvalue weighted by atomic mass is 10.00. The standard InChI is InChI=1S/C14H24N4/c1-11-4-3-5-12(2)18(11)17-10-15-8-14(17)9-16-13-6-7-13/h8,10-13,16H,3-7,9H2,1-2H3. The molecule has 0 amide bonds. The second kappa shape index (κ2) is 4.92. The van der Waals surface area contributed by atoms with Crippen LogP contribution in [0.25, 0.3) is 0 Å². The van der Waals surface area contributed by atoms with E-state index in [0.29, 0.717) is 12.1 Å². The predicted octanol–water partition coefficient (Wildman–Crippen LogP) is 2.03.